The zero-order valence-corrected chi connectivity index (χ0v) is 11.8. The van der Waals surface area contributed by atoms with Crippen molar-refractivity contribution >= 4 is 18.9 Å². The summed E-state index contributed by atoms with van der Waals surface area (Å²) in [4.78, 5) is 15.4. The fourth-order valence-electron chi connectivity index (χ4n) is 2.03. The van der Waals surface area contributed by atoms with Crippen LogP contribution in [0.3, 0.4) is 0 Å². The highest BCUT2D eigenvalue weighted by Crippen LogP contribution is 2.36. The summed E-state index contributed by atoms with van der Waals surface area (Å²) in [6.07, 6.45) is 2.35. The summed E-state index contributed by atoms with van der Waals surface area (Å²) in [5, 5.41) is 0. The smallest absolute Gasteiger partial charge is 0.399 e. The van der Waals surface area contributed by atoms with Crippen LogP contribution in [0.1, 0.15) is 43.7 Å². The quantitative estimate of drug-likeness (QED) is 0.639. The van der Waals surface area contributed by atoms with Crippen LogP contribution >= 0.6 is 0 Å². The van der Waals surface area contributed by atoms with Gasteiger partial charge in [0.05, 0.1) is 16.9 Å². The van der Waals surface area contributed by atoms with Gasteiger partial charge in [-0.1, -0.05) is 0 Å². The summed E-state index contributed by atoms with van der Waals surface area (Å²) < 4.78 is 11.9. The second kappa shape index (κ2) is 4.70. The van der Waals surface area contributed by atoms with E-state index in [2.05, 4.69) is 4.98 Å². The monoisotopic (exact) mass is 262 g/mol. The average Bonchev–Trinajstić information content (AvgIpc) is 2.57. The van der Waals surface area contributed by atoms with Crippen LogP contribution in [0.2, 0.25) is 0 Å². The molecule has 0 saturated carbocycles. The first-order valence-corrected chi connectivity index (χ1v) is 6.31. The van der Waals surface area contributed by atoms with Gasteiger partial charge in [-0.15, -0.1) is 0 Å². The molecular weight excluding hydrogens is 243 g/mol. The van der Waals surface area contributed by atoms with Crippen LogP contribution in [0.25, 0.3) is 0 Å². The van der Waals surface area contributed by atoms with Crippen molar-refractivity contribution in [1.82, 2.24) is 4.98 Å². The van der Waals surface area contributed by atoms with E-state index in [1.165, 1.54) is 0 Å². The van der Waals surface area contributed by atoms with Gasteiger partial charge in [0.1, 0.15) is 6.29 Å². The first-order chi connectivity index (χ1) is 8.82. The molecule has 1 aliphatic rings. The Morgan fingerprint density at radius 1 is 1.32 bits per heavy atom. The third-order valence-electron chi connectivity index (χ3n) is 3.92. The molecule has 1 aromatic heterocycles. The van der Waals surface area contributed by atoms with E-state index in [4.69, 9.17) is 15.0 Å². The molecule has 19 heavy (non-hydrogen) atoms. The fraction of sp³-hybridized carbons (Fsp3) is 0.538. The van der Waals surface area contributed by atoms with Crippen molar-refractivity contribution in [1.29, 1.82) is 0 Å². The van der Waals surface area contributed by atoms with E-state index in [-0.39, 0.29) is 6.54 Å². The number of hydrogen-bond donors (Lipinski definition) is 1. The van der Waals surface area contributed by atoms with Gasteiger partial charge in [0, 0.05) is 23.8 Å². The number of pyridine rings is 1. The Morgan fingerprint density at radius 3 is 2.37 bits per heavy atom. The Labute approximate surface area is 113 Å². The molecular formula is C13H19BN2O3. The minimum Gasteiger partial charge on any atom is -0.399 e. The van der Waals surface area contributed by atoms with Gasteiger partial charge < -0.3 is 15.0 Å². The molecule has 1 saturated heterocycles. The van der Waals surface area contributed by atoms with Crippen molar-refractivity contribution in [2.45, 2.75) is 45.4 Å². The third kappa shape index (κ3) is 2.31. The largest absolute Gasteiger partial charge is 0.497 e. The van der Waals surface area contributed by atoms with E-state index in [0.717, 1.165) is 6.29 Å². The van der Waals surface area contributed by atoms with Crippen LogP contribution in [-0.4, -0.2) is 29.6 Å². The molecule has 0 atom stereocenters. The van der Waals surface area contributed by atoms with E-state index < -0.39 is 18.3 Å². The molecule has 0 aliphatic carbocycles. The highest BCUT2D eigenvalue weighted by molar-refractivity contribution is 6.63. The van der Waals surface area contributed by atoms with Crippen LogP contribution in [0.15, 0.2) is 12.3 Å². The lowest BCUT2D eigenvalue weighted by Crippen LogP contribution is -2.41. The SMILES string of the molecule is CC1(C)OB(c2c(C=O)ccnc2CN)OC1(C)C. The summed E-state index contributed by atoms with van der Waals surface area (Å²) in [5.74, 6) is 0. The van der Waals surface area contributed by atoms with Crippen LogP contribution in [0.4, 0.5) is 0 Å². The molecule has 0 unspecified atom stereocenters. The van der Waals surface area contributed by atoms with Gasteiger partial charge >= 0.3 is 7.12 Å². The van der Waals surface area contributed by atoms with Crippen LogP contribution < -0.4 is 11.2 Å². The Kier molecular flexibility index (Phi) is 3.51. The zero-order valence-electron chi connectivity index (χ0n) is 11.8. The molecule has 1 aromatic rings. The highest BCUT2D eigenvalue weighted by Gasteiger charge is 2.52. The summed E-state index contributed by atoms with van der Waals surface area (Å²) in [7, 11) is -0.613. The van der Waals surface area contributed by atoms with E-state index in [0.29, 0.717) is 16.7 Å². The number of aromatic nitrogens is 1. The Balaban J connectivity index is 2.47. The summed E-state index contributed by atoms with van der Waals surface area (Å²) in [5.41, 5.74) is 6.54. The zero-order chi connectivity index (χ0) is 14.3. The number of hydrogen-bond acceptors (Lipinski definition) is 5. The topological polar surface area (TPSA) is 74.4 Å². The molecule has 2 N–H and O–H groups in total. The molecule has 1 fully saturated rings. The number of nitrogens with zero attached hydrogens (tertiary/aromatic N) is 1. The van der Waals surface area contributed by atoms with Crippen LogP contribution in [0, 0.1) is 0 Å². The van der Waals surface area contributed by atoms with E-state index in [1.807, 2.05) is 27.7 Å². The number of carbonyl (C=O) groups excluding carboxylic acids is 1. The maximum Gasteiger partial charge on any atom is 0.497 e. The van der Waals surface area contributed by atoms with Gasteiger partial charge in [0.15, 0.2) is 0 Å². The number of nitrogens with two attached hydrogens (primary N) is 1. The van der Waals surface area contributed by atoms with Crippen molar-refractivity contribution in [3.63, 3.8) is 0 Å². The maximum absolute atomic E-state index is 11.2. The Hall–Kier alpha value is -1.24. The molecule has 0 spiro atoms. The first kappa shape index (κ1) is 14.2. The lowest BCUT2D eigenvalue weighted by atomic mass is 9.75. The lowest BCUT2D eigenvalue weighted by Gasteiger charge is -2.32. The van der Waals surface area contributed by atoms with Crippen molar-refractivity contribution in [3.8, 4) is 0 Å². The van der Waals surface area contributed by atoms with Gasteiger partial charge in [0.25, 0.3) is 0 Å². The summed E-state index contributed by atoms with van der Waals surface area (Å²) in [6.45, 7) is 8.09. The molecule has 5 nitrogen and oxygen atoms in total. The second-order valence-electron chi connectivity index (χ2n) is 5.67. The van der Waals surface area contributed by atoms with Crippen molar-refractivity contribution in [2.24, 2.45) is 5.73 Å². The van der Waals surface area contributed by atoms with Gasteiger partial charge in [0.2, 0.25) is 0 Å². The molecule has 0 bridgehead atoms. The standard InChI is InChI=1S/C13H19BN2O3/c1-12(2)13(3,4)19-14(18-12)11-9(8-17)5-6-16-10(11)7-15/h5-6,8H,7,15H2,1-4H3. The first-order valence-electron chi connectivity index (χ1n) is 6.31. The number of carbonyl (C=O) groups is 1. The van der Waals surface area contributed by atoms with E-state index >= 15 is 0 Å². The maximum atomic E-state index is 11.2. The van der Waals surface area contributed by atoms with E-state index in [9.17, 15) is 4.79 Å². The van der Waals surface area contributed by atoms with Gasteiger partial charge in [-0.2, -0.15) is 0 Å². The van der Waals surface area contributed by atoms with Crippen molar-refractivity contribution in [2.75, 3.05) is 0 Å². The molecule has 1 aliphatic heterocycles. The summed E-state index contributed by atoms with van der Waals surface area (Å²) in [6, 6.07) is 1.65. The average molecular weight is 262 g/mol. The molecule has 102 valence electrons. The predicted molar refractivity (Wildman–Crippen MR) is 73.2 cm³/mol. The van der Waals surface area contributed by atoms with E-state index in [1.54, 1.807) is 12.3 Å². The van der Waals surface area contributed by atoms with Crippen molar-refractivity contribution < 1.29 is 14.1 Å². The van der Waals surface area contributed by atoms with Crippen molar-refractivity contribution in [3.05, 3.63) is 23.5 Å². The van der Waals surface area contributed by atoms with Crippen LogP contribution in [-0.2, 0) is 15.9 Å². The third-order valence-corrected chi connectivity index (χ3v) is 3.92. The molecule has 2 rings (SSSR count). The second-order valence-corrected chi connectivity index (χ2v) is 5.67. The molecule has 0 amide bonds. The lowest BCUT2D eigenvalue weighted by molar-refractivity contribution is 0.00578. The highest BCUT2D eigenvalue weighted by atomic mass is 16.7. The molecule has 0 radical (unpaired) electrons. The number of aldehydes is 1. The molecule has 2 heterocycles. The normalized spacial score (nSPS) is 20.6. The molecule has 6 heteroatoms. The summed E-state index contributed by atoms with van der Waals surface area (Å²) >= 11 is 0. The van der Waals surface area contributed by atoms with Gasteiger partial charge in [-0.3, -0.25) is 9.78 Å². The Morgan fingerprint density at radius 2 is 1.89 bits per heavy atom. The van der Waals surface area contributed by atoms with Gasteiger partial charge in [-0.25, -0.2) is 0 Å². The molecule has 0 aromatic carbocycles. The van der Waals surface area contributed by atoms with Crippen LogP contribution in [0.5, 0.6) is 0 Å². The minimum atomic E-state index is -0.613. The predicted octanol–water partition coefficient (Wildman–Crippen LogP) is 0.652. The number of rotatable bonds is 3. The minimum absolute atomic E-state index is 0.237. The Bertz CT molecular complexity index is 487. The fourth-order valence-corrected chi connectivity index (χ4v) is 2.03. The van der Waals surface area contributed by atoms with Gasteiger partial charge in [-0.05, 0) is 33.8 Å².